The number of nitro groups is 1. The minimum absolute atomic E-state index is 0.0410. The lowest BCUT2D eigenvalue weighted by Gasteiger charge is -2.10. The van der Waals surface area contributed by atoms with Crippen molar-refractivity contribution in [2.75, 3.05) is 35.0 Å². The van der Waals surface area contributed by atoms with Crippen molar-refractivity contribution in [1.82, 2.24) is 5.32 Å². The van der Waals surface area contributed by atoms with Crippen LogP contribution in [0, 0.1) is 21.4 Å². The number of nitrogens with one attached hydrogen (secondary N) is 1. The van der Waals surface area contributed by atoms with Gasteiger partial charge in [-0.1, -0.05) is 6.07 Å². The predicted molar refractivity (Wildman–Crippen MR) is 116 cm³/mol. The maximum Gasteiger partial charge on any atom is 0.280 e. The van der Waals surface area contributed by atoms with Crippen LogP contribution in [0.4, 0.5) is 5.69 Å². The van der Waals surface area contributed by atoms with E-state index in [2.05, 4.69) is 5.32 Å². The van der Waals surface area contributed by atoms with Gasteiger partial charge in [-0.25, -0.2) is 0 Å². The summed E-state index contributed by atoms with van der Waals surface area (Å²) in [6.07, 6.45) is 1.62. The summed E-state index contributed by atoms with van der Waals surface area (Å²) in [5, 5.41) is 23.5. The minimum Gasteiger partial charge on any atom is -0.493 e. The quantitative estimate of drug-likeness (QED) is 0.258. The molecular weight excluding hydrogens is 418 g/mol. The summed E-state index contributed by atoms with van der Waals surface area (Å²) in [7, 11) is 5.80. The van der Waals surface area contributed by atoms with Crippen LogP contribution in [0.15, 0.2) is 35.9 Å². The monoisotopic (exact) mass is 441 g/mol. The second-order valence-corrected chi connectivity index (χ2v) is 6.39. The van der Waals surface area contributed by atoms with Crippen LogP contribution in [0.25, 0.3) is 6.08 Å². The number of nitriles is 1. The molecule has 2 aromatic carbocycles. The smallest absolute Gasteiger partial charge is 0.280 e. The number of carbonyl (C=O) groups is 1. The largest absolute Gasteiger partial charge is 0.493 e. The summed E-state index contributed by atoms with van der Waals surface area (Å²) in [6, 6.07) is 9.68. The van der Waals surface area contributed by atoms with Crippen molar-refractivity contribution in [1.29, 1.82) is 5.26 Å². The van der Waals surface area contributed by atoms with E-state index in [1.165, 1.54) is 40.6 Å². The van der Waals surface area contributed by atoms with Crippen LogP contribution in [0.5, 0.6) is 23.0 Å². The SMILES string of the molecule is COc1ccc(CCNC(=O)/C(C#N)=C/c2cc(OC)c(OC)cc2[N+](=O)[O-])cc1OC. The van der Waals surface area contributed by atoms with Crippen LogP contribution in [-0.2, 0) is 11.2 Å². The maximum absolute atomic E-state index is 12.5. The zero-order chi connectivity index (χ0) is 23.7. The Balaban J connectivity index is 2.19. The van der Waals surface area contributed by atoms with E-state index < -0.39 is 10.8 Å². The molecule has 0 saturated carbocycles. The number of rotatable bonds is 10. The van der Waals surface area contributed by atoms with Crippen LogP contribution < -0.4 is 24.3 Å². The molecule has 0 aliphatic heterocycles. The Labute approximate surface area is 185 Å². The molecule has 0 saturated heterocycles. The first-order valence-electron chi connectivity index (χ1n) is 9.39. The highest BCUT2D eigenvalue weighted by molar-refractivity contribution is 6.02. The average Bonchev–Trinajstić information content (AvgIpc) is 2.81. The van der Waals surface area contributed by atoms with Gasteiger partial charge in [0.25, 0.3) is 11.6 Å². The topological polar surface area (TPSA) is 133 Å². The fourth-order valence-electron chi connectivity index (χ4n) is 2.91. The van der Waals surface area contributed by atoms with E-state index in [9.17, 15) is 20.2 Å². The number of nitrogens with zero attached hydrogens (tertiary/aromatic N) is 2. The summed E-state index contributed by atoms with van der Waals surface area (Å²) in [5.74, 6) is 0.892. The molecule has 0 aliphatic carbocycles. The Morgan fingerprint density at radius 3 is 2.19 bits per heavy atom. The van der Waals surface area contributed by atoms with Gasteiger partial charge in [0.05, 0.1) is 45.0 Å². The van der Waals surface area contributed by atoms with E-state index in [4.69, 9.17) is 18.9 Å². The fraction of sp³-hybridized carbons (Fsp3) is 0.273. The van der Waals surface area contributed by atoms with Crippen molar-refractivity contribution in [3.05, 3.63) is 57.1 Å². The van der Waals surface area contributed by atoms with E-state index in [1.54, 1.807) is 18.2 Å². The van der Waals surface area contributed by atoms with Crippen LogP contribution in [0.3, 0.4) is 0 Å². The summed E-state index contributed by atoms with van der Waals surface area (Å²) < 4.78 is 20.7. The molecule has 2 rings (SSSR count). The van der Waals surface area contributed by atoms with E-state index in [0.29, 0.717) is 17.9 Å². The second kappa shape index (κ2) is 11.2. The lowest BCUT2D eigenvalue weighted by Crippen LogP contribution is -2.26. The normalized spacial score (nSPS) is 10.7. The molecule has 10 nitrogen and oxygen atoms in total. The third-order valence-corrected chi connectivity index (χ3v) is 4.54. The zero-order valence-corrected chi connectivity index (χ0v) is 18.1. The molecule has 1 amide bonds. The summed E-state index contributed by atoms with van der Waals surface area (Å²) in [6.45, 7) is 0.237. The molecule has 2 aromatic rings. The van der Waals surface area contributed by atoms with Crippen LogP contribution in [-0.4, -0.2) is 45.8 Å². The summed E-state index contributed by atoms with van der Waals surface area (Å²) in [5.41, 5.74) is 0.321. The number of nitro benzene ring substituents is 1. The first-order chi connectivity index (χ1) is 15.4. The fourth-order valence-corrected chi connectivity index (χ4v) is 2.91. The minimum atomic E-state index is -0.656. The van der Waals surface area contributed by atoms with Crippen LogP contribution in [0.2, 0.25) is 0 Å². The number of carbonyl (C=O) groups excluding carboxylic acids is 1. The first-order valence-corrected chi connectivity index (χ1v) is 9.39. The van der Waals surface area contributed by atoms with Crippen molar-refractivity contribution < 1.29 is 28.7 Å². The third-order valence-electron chi connectivity index (χ3n) is 4.54. The molecule has 168 valence electrons. The number of hydrogen-bond acceptors (Lipinski definition) is 8. The molecule has 0 bridgehead atoms. The van der Waals surface area contributed by atoms with Gasteiger partial charge in [0.1, 0.15) is 11.6 Å². The Kier molecular flexibility index (Phi) is 8.42. The van der Waals surface area contributed by atoms with E-state index in [-0.39, 0.29) is 34.9 Å². The van der Waals surface area contributed by atoms with Crippen LogP contribution in [0.1, 0.15) is 11.1 Å². The molecule has 0 radical (unpaired) electrons. The molecule has 0 spiro atoms. The second-order valence-electron chi connectivity index (χ2n) is 6.39. The Hall–Kier alpha value is -4.26. The highest BCUT2D eigenvalue weighted by Gasteiger charge is 2.20. The molecular formula is C22H23N3O7. The maximum atomic E-state index is 12.5. The lowest BCUT2D eigenvalue weighted by atomic mass is 10.1. The molecule has 0 aliphatic rings. The lowest BCUT2D eigenvalue weighted by molar-refractivity contribution is -0.385. The number of ether oxygens (including phenoxy) is 4. The van der Waals surface area contributed by atoms with E-state index >= 15 is 0 Å². The van der Waals surface area contributed by atoms with Gasteiger partial charge in [0, 0.05) is 6.54 Å². The standard InChI is InChI=1S/C22H23N3O7/c1-29-18-6-5-14(9-19(18)30-2)7-8-24-22(26)16(13-23)10-15-11-20(31-3)21(32-4)12-17(15)25(27)28/h5-6,9-12H,7-8H2,1-4H3,(H,24,26)/b16-10+. The number of amides is 1. The van der Waals surface area contributed by atoms with Gasteiger partial charge in [-0.3, -0.25) is 14.9 Å². The molecule has 10 heteroatoms. The highest BCUT2D eigenvalue weighted by atomic mass is 16.6. The van der Waals surface area contributed by atoms with Gasteiger partial charge >= 0.3 is 0 Å². The van der Waals surface area contributed by atoms with E-state index in [0.717, 1.165) is 11.6 Å². The number of methoxy groups -OCH3 is 4. The van der Waals surface area contributed by atoms with Gasteiger partial charge in [0.15, 0.2) is 23.0 Å². The highest BCUT2D eigenvalue weighted by Crippen LogP contribution is 2.35. The van der Waals surface area contributed by atoms with Crippen molar-refractivity contribution in [3.8, 4) is 29.1 Å². The van der Waals surface area contributed by atoms with Gasteiger partial charge < -0.3 is 24.3 Å². The Bertz CT molecular complexity index is 1070. The van der Waals surface area contributed by atoms with Crippen LogP contribution >= 0.6 is 0 Å². The molecule has 0 atom stereocenters. The molecule has 0 heterocycles. The predicted octanol–water partition coefficient (Wildman–Crippen LogP) is 2.90. The molecule has 0 aromatic heterocycles. The summed E-state index contributed by atoms with van der Waals surface area (Å²) in [4.78, 5) is 23.3. The van der Waals surface area contributed by atoms with E-state index in [1.807, 2.05) is 6.07 Å². The van der Waals surface area contributed by atoms with Crippen molar-refractivity contribution in [2.45, 2.75) is 6.42 Å². The van der Waals surface area contributed by atoms with Gasteiger partial charge in [-0.15, -0.1) is 0 Å². The Morgan fingerprint density at radius 1 is 1.03 bits per heavy atom. The molecule has 0 unspecified atom stereocenters. The molecule has 32 heavy (non-hydrogen) atoms. The number of benzene rings is 2. The van der Waals surface area contributed by atoms with Crippen molar-refractivity contribution >= 4 is 17.7 Å². The number of hydrogen-bond donors (Lipinski definition) is 1. The first kappa shape index (κ1) is 24.0. The Morgan fingerprint density at radius 2 is 1.62 bits per heavy atom. The third kappa shape index (κ3) is 5.66. The van der Waals surface area contributed by atoms with Gasteiger partial charge in [-0.2, -0.15) is 5.26 Å². The average molecular weight is 441 g/mol. The molecule has 0 fully saturated rings. The summed E-state index contributed by atoms with van der Waals surface area (Å²) >= 11 is 0. The zero-order valence-electron chi connectivity index (χ0n) is 18.1. The molecule has 1 N–H and O–H groups in total. The van der Waals surface area contributed by atoms with Gasteiger partial charge in [0.2, 0.25) is 0 Å². The van der Waals surface area contributed by atoms with Gasteiger partial charge in [-0.05, 0) is 36.3 Å². The van der Waals surface area contributed by atoms with Crippen molar-refractivity contribution in [3.63, 3.8) is 0 Å². The van der Waals surface area contributed by atoms with Crippen molar-refractivity contribution in [2.24, 2.45) is 0 Å².